The van der Waals surface area contributed by atoms with Gasteiger partial charge in [-0.3, -0.25) is 0 Å². The van der Waals surface area contributed by atoms with Gasteiger partial charge in [-0.1, -0.05) is 182 Å². The van der Waals surface area contributed by atoms with Crippen LogP contribution in [0.15, 0.2) is 243 Å². The van der Waals surface area contributed by atoms with Crippen LogP contribution >= 0.6 is 11.3 Å². The molecule has 0 N–H and O–H groups in total. The van der Waals surface area contributed by atoms with Gasteiger partial charge in [-0.25, -0.2) is 0 Å². The molecule has 13 rings (SSSR count). The second-order valence-electron chi connectivity index (χ2n) is 16.8. The number of fused-ring (bicyclic) bond motifs is 9. The highest BCUT2D eigenvalue weighted by Crippen LogP contribution is 2.43. The molecule has 0 radical (unpaired) electrons. The number of aromatic nitrogens is 1. The fraction of sp³-hybridized carbons (Fsp3) is 0. The molecule has 0 spiro atoms. The summed E-state index contributed by atoms with van der Waals surface area (Å²) in [6, 6.07) is 90.4. The van der Waals surface area contributed by atoms with Crippen molar-refractivity contribution in [2.24, 2.45) is 0 Å². The normalized spacial score (nSPS) is 12.1. The number of nitrogens with zero attached hydrogens (tertiary/aromatic N) is 2. The number of benzene rings is 10. The van der Waals surface area contributed by atoms with Crippen molar-refractivity contribution in [1.82, 2.24) is 4.40 Å². The molecule has 10 aromatic carbocycles. The summed E-state index contributed by atoms with van der Waals surface area (Å²) in [4.78, 5) is 2.43. The van der Waals surface area contributed by atoms with Gasteiger partial charge in [0.1, 0.15) is 0 Å². The topological polar surface area (TPSA) is 7.65 Å². The largest absolute Gasteiger partial charge is 0.310 e. The van der Waals surface area contributed by atoms with Crippen LogP contribution in [0.4, 0.5) is 17.1 Å². The smallest absolute Gasteiger partial charge is 0.179 e. The fourth-order valence-corrected chi connectivity index (χ4v) is 16.5. The summed E-state index contributed by atoms with van der Waals surface area (Å²) in [6.45, 7) is 0. The monoisotopic (exact) mass is 848 g/mol. The Morgan fingerprint density at radius 2 is 0.797 bits per heavy atom. The molecular weight excluding hydrogens is 809 g/mol. The number of rotatable bonds is 8. The highest BCUT2D eigenvalue weighted by atomic mass is 32.1. The lowest BCUT2D eigenvalue weighted by molar-refractivity contribution is 1.29. The predicted molar refractivity (Wildman–Crippen MR) is 278 cm³/mol. The molecule has 300 valence electrons. The van der Waals surface area contributed by atoms with Crippen molar-refractivity contribution < 1.29 is 0 Å². The van der Waals surface area contributed by atoms with E-state index in [1.54, 1.807) is 0 Å². The third-order valence-corrected chi connectivity index (χ3v) is 19.4. The molecule has 0 saturated heterocycles. The Labute approximate surface area is 376 Å². The van der Waals surface area contributed by atoms with E-state index in [1.807, 2.05) is 11.3 Å². The number of para-hydroxylation sites is 2. The Bertz CT molecular complexity index is 3720. The average Bonchev–Trinajstić information content (AvgIpc) is 4.03. The van der Waals surface area contributed by atoms with Crippen molar-refractivity contribution in [3.8, 4) is 11.1 Å². The summed E-state index contributed by atoms with van der Waals surface area (Å²) in [5.41, 5.74) is 9.59. The van der Waals surface area contributed by atoms with Crippen LogP contribution in [-0.4, -0.2) is 12.5 Å². The molecule has 0 aliphatic carbocycles. The predicted octanol–water partition coefficient (Wildman–Crippen LogP) is 13.7. The average molecular weight is 849 g/mol. The van der Waals surface area contributed by atoms with Gasteiger partial charge in [-0.2, -0.15) is 0 Å². The minimum Gasteiger partial charge on any atom is -0.310 e. The van der Waals surface area contributed by atoms with Crippen LogP contribution < -0.4 is 25.6 Å². The van der Waals surface area contributed by atoms with Crippen molar-refractivity contribution >= 4 is 115 Å². The molecule has 2 nitrogen and oxygen atoms in total. The molecule has 3 heterocycles. The molecule has 0 atom stereocenters. The van der Waals surface area contributed by atoms with E-state index in [0.29, 0.717) is 0 Å². The van der Waals surface area contributed by atoms with Crippen LogP contribution in [0.5, 0.6) is 0 Å². The van der Waals surface area contributed by atoms with Crippen molar-refractivity contribution in [2.75, 3.05) is 4.90 Å². The van der Waals surface area contributed by atoms with Crippen molar-refractivity contribution in [2.45, 2.75) is 0 Å². The third kappa shape index (κ3) is 5.56. The van der Waals surface area contributed by atoms with Gasteiger partial charge >= 0.3 is 0 Å². The first-order valence-corrected chi connectivity index (χ1v) is 24.8. The SMILES string of the molecule is c1ccc([Si](c2ccccc2)(c2ccccc2)c2ccc(N(c3ccc(-c4ccc5c(c4)c4cccc6c7ccccc7n5c64)cc3)c3ccc4c(c3)sc3ccccc34)cc2)cc1. The molecule has 4 heteroatoms. The first kappa shape index (κ1) is 36.9. The van der Waals surface area contributed by atoms with E-state index < -0.39 is 8.07 Å². The maximum Gasteiger partial charge on any atom is 0.179 e. The van der Waals surface area contributed by atoms with Gasteiger partial charge in [-0.05, 0) is 92.5 Å². The van der Waals surface area contributed by atoms with Gasteiger partial charge in [0, 0.05) is 58.8 Å². The molecule has 0 unspecified atom stereocenters. The van der Waals surface area contributed by atoms with E-state index in [-0.39, 0.29) is 0 Å². The molecule has 0 bridgehead atoms. The molecule has 64 heavy (non-hydrogen) atoms. The van der Waals surface area contributed by atoms with E-state index in [0.717, 1.165) is 17.1 Å². The molecule has 0 aliphatic heterocycles. The summed E-state index contributed by atoms with van der Waals surface area (Å²) in [7, 11) is -2.69. The molecule has 13 aromatic rings. The summed E-state index contributed by atoms with van der Waals surface area (Å²) < 4.78 is 5.04. The van der Waals surface area contributed by atoms with Crippen LogP contribution in [-0.2, 0) is 0 Å². The van der Waals surface area contributed by atoms with Gasteiger partial charge in [0.15, 0.2) is 8.07 Å². The lowest BCUT2D eigenvalue weighted by Crippen LogP contribution is -2.74. The van der Waals surface area contributed by atoms with E-state index in [1.165, 1.54) is 90.1 Å². The lowest BCUT2D eigenvalue weighted by Gasteiger charge is -2.35. The van der Waals surface area contributed by atoms with E-state index in [9.17, 15) is 0 Å². The molecule has 0 fully saturated rings. The Hall–Kier alpha value is -7.76. The quantitative estimate of drug-likeness (QED) is 0.109. The summed E-state index contributed by atoms with van der Waals surface area (Å²) in [5, 5.41) is 13.3. The highest BCUT2D eigenvalue weighted by Gasteiger charge is 2.41. The van der Waals surface area contributed by atoms with Gasteiger partial charge < -0.3 is 9.30 Å². The van der Waals surface area contributed by atoms with Crippen LogP contribution in [0.3, 0.4) is 0 Å². The van der Waals surface area contributed by atoms with Gasteiger partial charge in [0.05, 0.1) is 16.6 Å². The summed E-state index contributed by atoms with van der Waals surface area (Å²) >= 11 is 1.86. The fourth-order valence-electron chi connectivity index (χ4n) is 10.6. The van der Waals surface area contributed by atoms with Crippen LogP contribution in [0, 0.1) is 0 Å². The van der Waals surface area contributed by atoms with Crippen molar-refractivity contribution in [1.29, 1.82) is 0 Å². The van der Waals surface area contributed by atoms with Crippen molar-refractivity contribution in [3.05, 3.63) is 243 Å². The minimum atomic E-state index is -2.69. The van der Waals surface area contributed by atoms with E-state index in [4.69, 9.17) is 0 Å². The van der Waals surface area contributed by atoms with Crippen LogP contribution in [0.25, 0.3) is 69.4 Å². The van der Waals surface area contributed by atoms with Crippen LogP contribution in [0.1, 0.15) is 0 Å². The Kier molecular flexibility index (Phi) is 8.45. The number of hydrogen-bond donors (Lipinski definition) is 0. The van der Waals surface area contributed by atoms with E-state index >= 15 is 0 Å². The van der Waals surface area contributed by atoms with Gasteiger partial charge in [0.2, 0.25) is 0 Å². The Morgan fingerprint density at radius 1 is 0.312 bits per heavy atom. The van der Waals surface area contributed by atoms with Crippen LogP contribution in [0.2, 0.25) is 0 Å². The highest BCUT2D eigenvalue weighted by molar-refractivity contribution is 7.25. The second kappa shape index (κ2) is 14.7. The summed E-state index contributed by atoms with van der Waals surface area (Å²) in [6.07, 6.45) is 0. The maximum atomic E-state index is 2.45. The molecule has 0 saturated carbocycles. The summed E-state index contributed by atoms with van der Waals surface area (Å²) in [5.74, 6) is 0. The zero-order valence-electron chi connectivity index (χ0n) is 34.9. The zero-order chi connectivity index (χ0) is 42.2. The Morgan fingerprint density at radius 3 is 1.47 bits per heavy atom. The van der Waals surface area contributed by atoms with E-state index in [2.05, 4.69) is 252 Å². The zero-order valence-corrected chi connectivity index (χ0v) is 36.7. The van der Waals surface area contributed by atoms with Crippen molar-refractivity contribution in [3.63, 3.8) is 0 Å². The molecule has 0 aliphatic rings. The first-order valence-electron chi connectivity index (χ1n) is 22.0. The van der Waals surface area contributed by atoms with Gasteiger partial charge in [0.25, 0.3) is 0 Å². The number of anilines is 3. The molecule has 3 aromatic heterocycles. The minimum absolute atomic E-state index is 1.11. The standard InChI is InChI=1S/C60H40N2SSi/c1-4-15-46(16-5-1)64(47-17-6-2-7-18-47,48-19-8-3-9-20-48)49-35-32-44(33-36-49)61(45-34-37-52-51-22-11-13-26-58(51)63-59(52)40-45)43-30-27-41(28-31-43)42-29-38-57-55(39-42)54-24-14-23-53-50-21-10-12-25-56(50)62(57)60(53)54/h1-40H. The number of hydrogen-bond acceptors (Lipinski definition) is 2. The molecular formula is C60H40N2SSi. The van der Waals surface area contributed by atoms with Gasteiger partial charge in [-0.15, -0.1) is 11.3 Å². The molecule has 0 amide bonds. The maximum absolute atomic E-state index is 2.69. The Balaban J connectivity index is 0.951. The first-order chi connectivity index (χ1) is 31.7. The number of thiophene rings is 1. The lowest BCUT2D eigenvalue weighted by atomic mass is 10.0. The second-order valence-corrected chi connectivity index (χ2v) is 21.7. The third-order valence-electron chi connectivity index (χ3n) is 13.5.